The molecule has 1 atom stereocenters. The van der Waals surface area contributed by atoms with Crippen molar-refractivity contribution in [2.75, 3.05) is 40.0 Å². The molecule has 2 heterocycles. The van der Waals surface area contributed by atoms with Crippen LogP contribution in [0.3, 0.4) is 0 Å². The third kappa shape index (κ3) is 9.16. The van der Waals surface area contributed by atoms with Crippen molar-refractivity contribution in [3.05, 3.63) is 120 Å². The lowest BCUT2D eigenvalue weighted by atomic mass is 10.0. The highest BCUT2D eigenvalue weighted by molar-refractivity contribution is 7.89. The predicted octanol–water partition coefficient (Wildman–Crippen LogP) is 3.45. The molecule has 2 amide bonds. The van der Waals surface area contributed by atoms with Crippen LogP contribution in [0, 0.1) is 0 Å². The molecule has 47 heavy (non-hydrogen) atoms. The smallest absolute Gasteiger partial charge is 0.261 e. The van der Waals surface area contributed by atoms with Crippen molar-refractivity contribution < 1.29 is 32.2 Å². The highest BCUT2D eigenvalue weighted by atomic mass is 32.2. The minimum Gasteiger partial charge on any atom is -0.497 e. The molecule has 3 aromatic carbocycles. The predicted molar refractivity (Wildman–Crippen MR) is 175 cm³/mol. The van der Waals surface area contributed by atoms with Gasteiger partial charge < -0.3 is 24.4 Å². The number of carbonyl (C=O) groups excluding carboxylic acids is 2. The summed E-state index contributed by atoms with van der Waals surface area (Å²) in [6, 6.07) is 25.6. The molecule has 1 aliphatic rings. The van der Waals surface area contributed by atoms with Crippen LogP contribution in [0.15, 0.2) is 108 Å². The molecule has 11 nitrogen and oxygen atoms in total. The molecular formula is C35H38N4O7S. The van der Waals surface area contributed by atoms with E-state index >= 15 is 0 Å². The van der Waals surface area contributed by atoms with Gasteiger partial charge in [-0.2, -0.15) is 4.31 Å². The first kappa shape index (κ1) is 33.6. The summed E-state index contributed by atoms with van der Waals surface area (Å²) in [7, 11) is -2.10. The van der Waals surface area contributed by atoms with Crippen molar-refractivity contribution in [2.24, 2.45) is 0 Å². The van der Waals surface area contributed by atoms with E-state index in [0.29, 0.717) is 37.8 Å². The van der Waals surface area contributed by atoms with Crippen LogP contribution in [0.2, 0.25) is 0 Å². The Bertz CT molecular complexity index is 1700. The Morgan fingerprint density at radius 3 is 2.23 bits per heavy atom. The highest BCUT2D eigenvalue weighted by Gasteiger charge is 2.31. The topological polar surface area (TPSA) is 127 Å². The number of methoxy groups -OCH3 is 1. The van der Waals surface area contributed by atoms with Gasteiger partial charge in [0, 0.05) is 45.0 Å². The molecule has 1 N–H and O–H groups in total. The first-order valence-electron chi connectivity index (χ1n) is 15.3. The number of pyridine rings is 1. The Morgan fingerprint density at radius 1 is 0.894 bits per heavy atom. The van der Waals surface area contributed by atoms with Crippen molar-refractivity contribution in [1.29, 1.82) is 0 Å². The number of nitrogens with one attached hydrogen (secondary N) is 1. The SMILES string of the molecule is COc1ccc(CN(C(=O)COc2ccc(S(=O)(=O)N3CCOCC3)cc2)[C@@H](Cc2ccccc2)C(=O)NCc2cccnc2)cc1. The third-order valence-corrected chi connectivity index (χ3v) is 9.68. The Hall–Kier alpha value is -4.78. The number of benzene rings is 3. The molecule has 0 aliphatic carbocycles. The first-order chi connectivity index (χ1) is 22.8. The van der Waals surface area contributed by atoms with E-state index in [-0.39, 0.29) is 36.9 Å². The zero-order chi connectivity index (χ0) is 33.1. The Labute approximate surface area is 275 Å². The van der Waals surface area contributed by atoms with E-state index in [4.69, 9.17) is 14.2 Å². The lowest BCUT2D eigenvalue weighted by Crippen LogP contribution is -2.51. The van der Waals surface area contributed by atoms with Crippen LogP contribution < -0.4 is 14.8 Å². The second-order valence-electron chi connectivity index (χ2n) is 10.9. The number of hydrogen-bond donors (Lipinski definition) is 1. The van der Waals surface area contributed by atoms with Crippen molar-refractivity contribution in [3.63, 3.8) is 0 Å². The fourth-order valence-corrected chi connectivity index (χ4v) is 6.57. The number of aromatic nitrogens is 1. The summed E-state index contributed by atoms with van der Waals surface area (Å²) in [5, 5.41) is 2.98. The molecule has 246 valence electrons. The molecule has 4 aromatic rings. The summed E-state index contributed by atoms with van der Waals surface area (Å²) in [4.78, 5) is 33.6. The van der Waals surface area contributed by atoms with E-state index in [1.807, 2.05) is 48.5 Å². The summed E-state index contributed by atoms with van der Waals surface area (Å²) in [5.41, 5.74) is 2.52. The first-order valence-corrected chi connectivity index (χ1v) is 16.7. The van der Waals surface area contributed by atoms with Gasteiger partial charge in [-0.3, -0.25) is 14.6 Å². The molecule has 1 saturated heterocycles. The zero-order valence-corrected chi connectivity index (χ0v) is 27.0. The number of carbonyl (C=O) groups is 2. The van der Waals surface area contributed by atoms with Gasteiger partial charge in [0.25, 0.3) is 5.91 Å². The van der Waals surface area contributed by atoms with E-state index in [9.17, 15) is 18.0 Å². The van der Waals surface area contributed by atoms with Gasteiger partial charge in [0.15, 0.2) is 6.61 Å². The second-order valence-corrected chi connectivity index (χ2v) is 12.9. The second kappa shape index (κ2) is 16.2. The number of morpholine rings is 1. The van der Waals surface area contributed by atoms with E-state index in [1.165, 1.54) is 33.5 Å². The quantitative estimate of drug-likeness (QED) is 0.218. The van der Waals surface area contributed by atoms with Crippen LogP contribution in [0.1, 0.15) is 16.7 Å². The molecule has 0 saturated carbocycles. The maximum Gasteiger partial charge on any atom is 0.261 e. The number of nitrogens with zero attached hydrogens (tertiary/aromatic N) is 3. The van der Waals surface area contributed by atoms with Gasteiger partial charge in [0.05, 0.1) is 25.2 Å². The fourth-order valence-electron chi connectivity index (χ4n) is 5.16. The van der Waals surface area contributed by atoms with E-state index < -0.39 is 22.0 Å². The van der Waals surface area contributed by atoms with Gasteiger partial charge in [-0.05, 0) is 59.2 Å². The van der Waals surface area contributed by atoms with Gasteiger partial charge in [-0.1, -0.05) is 48.5 Å². The summed E-state index contributed by atoms with van der Waals surface area (Å²) < 4.78 is 43.9. The molecule has 0 radical (unpaired) electrons. The lowest BCUT2D eigenvalue weighted by Gasteiger charge is -2.31. The summed E-state index contributed by atoms with van der Waals surface area (Å²) >= 11 is 0. The molecule has 0 unspecified atom stereocenters. The molecule has 0 bridgehead atoms. The van der Waals surface area contributed by atoms with Gasteiger partial charge in [0.2, 0.25) is 15.9 Å². The van der Waals surface area contributed by atoms with E-state index in [0.717, 1.165) is 16.7 Å². The van der Waals surface area contributed by atoms with Crippen molar-refractivity contribution in [1.82, 2.24) is 19.5 Å². The van der Waals surface area contributed by atoms with E-state index in [2.05, 4.69) is 10.3 Å². The average molecular weight is 659 g/mol. The van der Waals surface area contributed by atoms with Gasteiger partial charge in [0.1, 0.15) is 17.5 Å². The van der Waals surface area contributed by atoms with Crippen molar-refractivity contribution in [2.45, 2.75) is 30.4 Å². The van der Waals surface area contributed by atoms with Gasteiger partial charge in [-0.15, -0.1) is 0 Å². The minimum absolute atomic E-state index is 0.132. The average Bonchev–Trinajstić information content (AvgIpc) is 3.12. The summed E-state index contributed by atoms with van der Waals surface area (Å²) in [6.45, 7) is 1.30. The maximum atomic E-state index is 14.0. The van der Waals surface area contributed by atoms with Crippen LogP contribution in [-0.4, -0.2) is 80.5 Å². The molecular weight excluding hydrogens is 620 g/mol. The van der Waals surface area contributed by atoms with Gasteiger partial charge >= 0.3 is 0 Å². The van der Waals surface area contributed by atoms with Crippen LogP contribution in [0.4, 0.5) is 0 Å². The van der Waals surface area contributed by atoms with Crippen LogP contribution in [-0.2, 0) is 43.9 Å². The number of amides is 2. The Balaban J connectivity index is 1.36. The van der Waals surface area contributed by atoms with Gasteiger partial charge in [-0.25, -0.2) is 8.42 Å². The lowest BCUT2D eigenvalue weighted by molar-refractivity contribution is -0.142. The molecule has 1 fully saturated rings. The van der Waals surface area contributed by atoms with Crippen LogP contribution >= 0.6 is 0 Å². The number of sulfonamides is 1. The standard InChI is InChI=1S/C35H38N4O7S/c1-44-30-11-9-28(10-12-30)25-39(33(22-27-6-3-2-4-7-27)35(41)37-24-29-8-5-17-36-23-29)34(40)26-46-31-13-15-32(16-14-31)47(42,43)38-18-20-45-21-19-38/h2-17,23,33H,18-22,24-26H2,1H3,(H,37,41)/t33-/m0/s1. The number of rotatable bonds is 14. The molecule has 0 spiro atoms. The van der Waals surface area contributed by atoms with Crippen molar-refractivity contribution >= 4 is 21.8 Å². The Morgan fingerprint density at radius 2 is 1.57 bits per heavy atom. The number of ether oxygens (including phenoxy) is 3. The normalized spacial score (nSPS) is 14.1. The zero-order valence-electron chi connectivity index (χ0n) is 26.2. The summed E-state index contributed by atoms with van der Waals surface area (Å²) in [5.74, 6) is 0.258. The molecule has 5 rings (SSSR count). The molecule has 1 aromatic heterocycles. The van der Waals surface area contributed by atoms with E-state index in [1.54, 1.807) is 37.7 Å². The largest absolute Gasteiger partial charge is 0.497 e. The monoisotopic (exact) mass is 658 g/mol. The molecule has 1 aliphatic heterocycles. The Kier molecular flexibility index (Phi) is 11.6. The highest BCUT2D eigenvalue weighted by Crippen LogP contribution is 2.22. The van der Waals surface area contributed by atoms with Crippen LogP contribution in [0.25, 0.3) is 0 Å². The van der Waals surface area contributed by atoms with Crippen LogP contribution in [0.5, 0.6) is 11.5 Å². The third-order valence-electron chi connectivity index (χ3n) is 7.77. The number of hydrogen-bond acceptors (Lipinski definition) is 8. The maximum absolute atomic E-state index is 14.0. The molecule has 12 heteroatoms. The summed E-state index contributed by atoms with van der Waals surface area (Å²) in [6.07, 6.45) is 3.61. The van der Waals surface area contributed by atoms with Crippen molar-refractivity contribution in [3.8, 4) is 11.5 Å². The minimum atomic E-state index is -3.67. The fraction of sp³-hybridized carbons (Fsp3) is 0.286.